The minimum Gasteiger partial charge on any atom is -0.394 e. The summed E-state index contributed by atoms with van der Waals surface area (Å²) in [6.07, 6.45) is 0.527. The molecule has 1 heterocycles. The van der Waals surface area contributed by atoms with E-state index in [2.05, 4.69) is 5.32 Å². The summed E-state index contributed by atoms with van der Waals surface area (Å²) in [5, 5.41) is 30.1. The Morgan fingerprint density at radius 1 is 1.65 bits per heavy atom. The first-order valence-corrected chi connectivity index (χ1v) is 5.76. The van der Waals surface area contributed by atoms with E-state index in [1.54, 1.807) is 6.07 Å². The van der Waals surface area contributed by atoms with Crippen LogP contribution in [0.5, 0.6) is 0 Å². The molecule has 8 heteroatoms. The lowest BCUT2D eigenvalue weighted by atomic mass is 10.1. The van der Waals surface area contributed by atoms with E-state index in [1.807, 2.05) is 0 Å². The Morgan fingerprint density at radius 3 is 2.85 bits per heavy atom. The molecule has 3 atom stereocenters. The molecule has 0 aromatic rings. The van der Waals surface area contributed by atoms with Crippen LogP contribution in [-0.2, 0) is 9.53 Å². The summed E-state index contributed by atoms with van der Waals surface area (Å²) in [5.41, 5.74) is 0.130. The second-order valence-electron chi connectivity index (χ2n) is 3.87. The van der Waals surface area contributed by atoms with Gasteiger partial charge < -0.3 is 20.3 Å². The maximum Gasteiger partial charge on any atom is 0.323 e. The smallest absolute Gasteiger partial charge is 0.323 e. The van der Waals surface area contributed by atoms with Crippen LogP contribution in [0, 0.1) is 11.3 Å². The Bertz CT molecular complexity index is 468. The maximum atomic E-state index is 11.8. The number of carbonyl (C=O) groups is 2. The summed E-state index contributed by atoms with van der Waals surface area (Å²) in [6.45, 7) is -0.473. The third-order valence-corrected chi connectivity index (χ3v) is 2.72. The molecular weight excluding hydrogens is 266 g/mol. The number of urea groups is 1. The first kappa shape index (κ1) is 15.8. The van der Waals surface area contributed by atoms with E-state index in [-0.39, 0.29) is 5.57 Å². The molecular formula is C12H15N3O5. The molecule has 1 aliphatic rings. The number of aliphatic hydroxyl groups excluding tert-OH is 2. The number of amides is 2. The van der Waals surface area contributed by atoms with Crippen LogP contribution in [0.2, 0.25) is 0 Å². The van der Waals surface area contributed by atoms with Crippen LogP contribution in [0.1, 0.15) is 0 Å². The number of hydrogen-bond donors (Lipinski definition) is 3. The molecule has 0 saturated carbocycles. The molecule has 1 rings (SSSR count). The number of allylic oxidation sites excluding steroid dienone is 2. The van der Waals surface area contributed by atoms with Gasteiger partial charge in [-0.1, -0.05) is 0 Å². The van der Waals surface area contributed by atoms with Crippen molar-refractivity contribution in [2.24, 2.45) is 0 Å². The van der Waals surface area contributed by atoms with Gasteiger partial charge in [-0.25, -0.2) is 4.79 Å². The van der Waals surface area contributed by atoms with E-state index in [9.17, 15) is 14.7 Å². The van der Waals surface area contributed by atoms with E-state index in [0.717, 1.165) is 23.3 Å². The van der Waals surface area contributed by atoms with Crippen molar-refractivity contribution >= 4 is 12.3 Å². The SMILES string of the molecule is CNC(=O)N(/C=C\C=O)[C@@H]1O[C@H](CO)[C@@H](O)/C1=C/C#N. The van der Waals surface area contributed by atoms with Crippen LogP contribution in [0.25, 0.3) is 0 Å². The first-order valence-electron chi connectivity index (χ1n) is 5.76. The normalized spacial score (nSPS) is 27.5. The minimum absolute atomic E-state index is 0.130. The number of ether oxygens (including phenoxy) is 1. The van der Waals surface area contributed by atoms with Crippen LogP contribution >= 0.6 is 0 Å². The Morgan fingerprint density at radius 2 is 2.35 bits per heavy atom. The van der Waals surface area contributed by atoms with Gasteiger partial charge in [-0.05, 0) is 6.08 Å². The van der Waals surface area contributed by atoms with Crippen molar-refractivity contribution in [3.63, 3.8) is 0 Å². The van der Waals surface area contributed by atoms with Gasteiger partial charge in [0.1, 0.15) is 18.5 Å². The predicted molar refractivity (Wildman–Crippen MR) is 66.9 cm³/mol. The lowest BCUT2D eigenvalue weighted by Gasteiger charge is -2.25. The van der Waals surface area contributed by atoms with Gasteiger partial charge in [0.25, 0.3) is 0 Å². The molecule has 0 aromatic heterocycles. The predicted octanol–water partition coefficient (Wildman–Crippen LogP) is -1.13. The van der Waals surface area contributed by atoms with Crippen molar-refractivity contribution in [2.75, 3.05) is 13.7 Å². The average molecular weight is 281 g/mol. The van der Waals surface area contributed by atoms with E-state index in [1.165, 1.54) is 7.05 Å². The van der Waals surface area contributed by atoms with E-state index in [0.29, 0.717) is 6.29 Å². The van der Waals surface area contributed by atoms with Gasteiger partial charge in [0.05, 0.1) is 12.7 Å². The number of aliphatic hydroxyl groups is 2. The number of aldehydes is 1. The largest absolute Gasteiger partial charge is 0.394 e. The zero-order chi connectivity index (χ0) is 15.1. The molecule has 2 amide bonds. The summed E-state index contributed by atoms with van der Waals surface area (Å²) in [4.78, 5) is 23.2. The van der Waals surface area contributed by atoms with Crippen molar-refractivity contribution in [3.8, 4) is 6.07 Å². The van der Waals surface area contributed by atoms with E-state index >= 15 is 0 Å². The second-order valence-corrected chi connectivity index (χ2v) is 3.87. The van der Waals surface area contributed by atoms with Crippen molar-refractivity contribution in [1.29, 1.82) is 5.26 Å². The van der Waals surface area contributed by atoms with Gasteiger partial charge in [-0.2, -0.15) is 5.26 Å². The van der Waals surface area contributed by atoms with Gasteiger partial charge in [0, 0.05) is 24.9 Å². The molecule has 0 unspecified atom stereocenters. The fourth-order valence-electron chi connectivity index (χ4n) is 1.79. The first-order chi connectivity index (χ1) is 9.60. The van der Waals surface area contributed by atoms with Crippen molar-refractivity contribution in [3.05, 3.63) is 23.9 Å². The Balaban J connectivity index is 3.13. The number of nitrogens with zero attached hydrogens (tertiary/aromatic N) is 2. The quantitative estimate of drug-likeness (QED) is 0.340. The molecule has 20 heavy (non-hydrogen) atoms. The fraction of sp³-hybridized carbons (Fsp3) is 0.417. The molecule has 0 bridgehead atoms. The average Bonchev–Trinajstić information content (AvgIpc) is 2.76. The molecule has 1 saturated heterocycles. The van der Waals surface area contributed by atoms with Crippen LogP contribution in [0.4, 0.5) is 4.79 Å². The van der Waals surface area contributed by atoms with Crippen LogP contribution in [0.15, 0.2) is 23.9 Å². The number of hydrogen-bond acceptors (Lipinski definition) is 6. The van der Waals surface area contributed by atoms with E-state index in [4.69, 9.17) is 15.1 Å². The summed E-state index contributed by atoms with van der Waals surface area (Å²) >= 11 is 0. The van der Waals surface area contributed by atoms with Crippen molar-refractivity contribution in [2.45, 2.75) is 18.4 Å². The second kappa shape index (κ2) is 7.40. The molecule has 3 N–H and O–H groups in total. The molecule has 0 radical (unpaired) electrons. The lowest BCUT2D eigenvalue weighted by Crippen LogP contribution is -2.42. The molecule has 8 nitrogen and oxygen atoms in total. The van der Waals surface area contributed by atoms with Gasteiger partial charge in [0.15, 0.2) is 6.23 Å². The Kier molecular flexibility index (Phi) is 5.86. The summed E-state index contributed by atoms with van der Waals surface area (Å²) in [6, 6.07) is 1.15. The van der Waals surface area contributed by atoms with Crippen LogP contribution in [0.3, 0.4) is 0 Å². The zero-order valence-electron chi connectivity index (χ0n) is 10.8. The molecule has 0 spiro atoms. The summed E-state index contributed by atoms with van der Waals surface area (Å²) in [5.74, 6) is 0. The highest BCUT2D eigenvalue weighted by Crippen LogP contribution is 2.29. The van der Waals surface area contributed by atoms with Crippen LogP contribution in [-0.4, -0.2) is 59.5 Å². The third kappa shape index (κ3) is 3.21. The van der Waals surface area contributed by atoms with Gasteiger partial charge in [0.2, 0.25) is 0 Å². The number of nitrogens with one attached hydrogen (secondary N) is 1. The van der Waals surface area contributed by atoms with Gasteiger partial charge >= 0.3 is 6.03 Å². The zero-order valence-corrected chi connectivity index (χ0v) is 10.8. The Hall–Kier alpha value is -2.21. The molecule has 0 aromatic carbocycles. The third-order valence-electron chi connectivity index (χ3n) is 2.72. The topological polar surface area (TPSA) is 123 Å². The molecule has 1 fully saturated rings. The van der Waals surface area contributed by atoms with Crippen LogP contribution < -0.4 is 5.32 Å². The highest BCUT2D eigenvalue weighted by Gasteiger charge is 2.42. The van der Waals surface area contributed by atoms with E-state index < -0.39 is 31.1 Å². The molecule has 0 aliphatic carbocycles. The summed E-state index contributed by atoms with van der Waals surface area (Å²) in [7, 11) is 1.38. The lowest BCUT2D eigenvalue weighted by molar-refractivity contribution is -0.104. The highest BCUT2D eigenvalue weighted by atomic mass is 16.5. The van der Waals surface area contributed by atoms with Gasteiger partial charge in [-0.3, -0.25) is 9.69 Å². The minimum atomic E-state index is -1.21. The monoisotopic (exact) mass is 281 g/mol. The number of carbonyl (C=O) groups excluding carboxylic acids is 2. The molecule has 1 aliphatic heterocycles. The summed E-state index contributed by atoms with van der Waals surface area (Å²) < 4.78 is 5.35. The molecule has 108 valence electrons. The number of rotatable bonds is 4. The Labute approximate surface area is 115 Å². The standard InChI is InChI=1S/C12H15N3O5/c1-14-12(19)15(5-2-6-16)11-8(3-4-13)10(18)9(7-17)20-11/h2-3,5-6,9-11,17-18H,7H2,1H3,(H,14,19)/b5-2-,8-3-/t9-,10+,11-/m1/s1. The number of nitriles is 1. The maximum absolute atomic E-state index is 11.8. The van der Waals surface area contributed by atoms with Crippen molar-refractivity contribution < 1.29 is 24.5 Å². The fourth-order valence-corrected chi connectivity index (χ4v) is 1.79. The highest BCUT2D eigenvalue weighted by molar-refractivity contribution is 5.77. The van der Waals surface area contributed by atoms with Gasteiger partial charge in [-0.15, -0.1) is 0 Å². The van der Waals surface area contributed by atoms with Crippen molar-refractivity contribution in [1.82, 2.24) is 10.2 Å².